The number of rotatable bonds is 7. The zero-order valence-corrected chi connectivity index (χ0v) is 15.5. The summed E-state index contributed by atoms with van der Waals surface area (Å²) in [6.45, 7) is 2.27. The zero-order valence-electron chi connectivity index (χ0n) is 13.9. The summed E-state index contributed by atoms with van der Waals surface area (Å²) in [5.41, 5.74) is 0.142. The fraction of sp³-hybridized carbons (Fsp3) is 0.600. The normalized spacial score (nSPS) is 20.8. The number of nitro groups is 1. The highest BCUT2D eigenvalue weighted by molar-refractivity contribution is 9.10. The Morgan fingerprint density at radius 1 is 1.46 bits per heavy atom. The molecule has 0 amide bonds. The summed E-state index contributed by atoms with van der Waals surface area (Å²) in [7, 11) is 5.20. The van der Waals surface area contributed by atoms with E-state index >= 15 is 0 Å². The van der Waals surface area contributed by atoms with E-state index in [0.29, 0.717) is 26.2 Å². The van der Waals surface area contributed by atoms with Crippen LogP contribution >= 0.6 is 15.9 Å². The molecular formula is C15H21BrFN3O4. The van der Waals surface area contributed by atoms with Crippen LogP contribution in [0.25, 0.3) is 0 Å². The number of nitrogens with zero attached hydrogens (tertiary/aromatic N) is 3. The smallest absolute Gasteiger partial charge is 0.293 e. The van der Waals surface area contributed by atoms with Crippen molar-refractivity contribution in [3.63, 3.8) is 0 Å². The van der Waals surface area contributed by atoms with Crippen molar-refractivity contribution >= 4 is 27.3 Å². The van der Waals surface area contributed by atoms with Crippen LogP contribution in [0.4, 0.5) is 15.8 Å². The molecule has 1 aromatic carbocycles. The van der Waals surface area contributed by atoms with E-state index in [1.165, 1.54) is 12.1 Å². The van der Waals surface area contributed by atoms with Crippen molar-refractivity contribution in [1.29, 1.82) is 0 Å². The average Bonchev–Trinajstić information content (AvgIpc) is 2.98. The summed E-state index contributed by atoms with van der Waals surface area (Å²) in [6.07, 6.45) is -0.127. The van der Waals surface area contributed by atoms with Gasteiger partial charge in [-0.05, 0) is 23.0 Å². The highest BCUT2D eigenvalue weighted by atomic mass is 79.9. The summed E-state index contributed by atoms with van der Waals surface area (Å²) < 4.78 is 24.6. The first-order chi connectivity index (χ1) is 11.4. The molecule has 24 heavy (non-hydrogen) atoms. The van der Waals surface area contributed by atoms with Gasteiger partial charge in [0.25, 0.3) is 5.69 Å². The molecule has 1 saturated heterocycles. The molecule has 1 unspecified atom stereocenters. The fourth-order valence-electron chi connectivity index (χ4n) is 2.93. The van der Waals surface area contributed by atoms with Crippen molar-refractivity contribution < 1.29 is 18.8 Å². The topological polar surface area (TPSA) is 68.1 Å². The van der Waals surface area contributed by atoms with Crippen molar-refractivity contribution in [2.45, 2.75) is 12.1 Å². The monoisotopic (exact) mass is 405 g/mol. The third kappa shape index (κ3) is 4.02. The van der Waals surface area contributed by atoms with Crippen LogP contribution in [0, 0.1) is 15.9 Å². The largest absolute Gasteiger partial charge is 0.383 e. The Morgan fingerprint density at radius 3 is 2.75 bits per heavy atom. The first-order valence-corrected chi connectivity index (χ1v) is 8.28. The Morgan fingerprint density at radius 2 is 2.17 bits per heavy atom. The van der Waals surface area contributed by atoms with Gasteiger partial charge in [0.2, 0.25) is 0 Å². The van der Waals surface area contributed by atoms with Gasteiger partial charge in [0.1, 0.15) is 11.5 Å². The maximum absolute atomic E-state index is 13.9. The van der Waals surface area contributed by atoms with E-state index in [1.807, 2.05) is 7.05 Å². The summed E-state index contributed by atoms with van der Waals surface area (Å²) in [6, 6.07) is 2.44. The summed E-state index contributed by atoms with van der Waals surface area (Å²) in [5.74, 6) is -0.527. The van der Waals surface area contributed by atoms with Gasteiger partial charge in [0, 0.05) is 46.0 Å². The minimum Gasteiger partial charge on any atom is -0.383 e. The SMILES string of the molecule is COCCN(C)C1CN(c2cc(F)c(Br)cc2[N+](=O)[O-])C[C@@H]1OC. The van der Waals surface area contributed by atoms with E-state index in [0.717, 1.165) is 0 Å². The van der Waals surface area contributed by atoms with Crippen LogP contribution in [0.5, 0.6) is 0 Å². The third-order valence-corrected chi connectivity index (χ3v) is 4.92. The molecule has 0 bridgehead atoms. The molecule has 1 aliphatic heterocycles. The first kappa shape index (κ1) is 19.0. The van der Waals surface area contributed by atoms with Crippen LogP contribution in [0.2, 0.25) is 0 Å². The van der Waals surface area contributed by atoms with E-state index in [-0.39, 0.29) is 28.0 Å². The Labute approximate surface area is 148 Å². The number of hydrogen-bond donors (Lipinski definition) is 0. The number of halogens is 2. The molecule has 0 radical (unpaired) electrons. The number of methoxy groups -OCH3 is 2. The van der Waals surface area contributed by atoms with Crippen LogP contribution in [0.3, 0.4) is 0 Å². The van der Waals surface area contributed by atoms with Crippen LogP contribution in [-0.2, 0) is 9.47 Å². The van der Waals surface area contributed by atoms with Gasteiger partial charge < -0.3 is 14.4 Å². The molecule has 0 spiro atoms. The molecule has 134 valence electrons. The number of nitro benzene ring substituents is 1. The molecule has 2 atom stereocenters. The molecule has 0 aliphatic carbocycles. The van der Waals surface area contributed by atoms with Gasteiger partial charge in [-0.25, -0.2) is 4.39 Å². The first-order valence-electron chi connectivity index (χ1n) is 7.49. The van der Waals surface area contributed by atoms with Gasteiger partial charge in [0.15, 0.2) is 0 Å². The third-order valence-electron chi connectivity index (χ3n) is 4.31. The lowest BCUT2D eigenvalue weighted by Crippen LogP contribution is -2.43. The molecule has 2 rings (SSSR count). The number of benzene rings is 1. The second kappa shape index (κ2) is 8.19. The molecule has 0 N–H and O–H groups in total. The van der Waals surface area contributed by atoms with Crippen molar-refractivity contribution in [2.75, 3.05) is 52.4 Å². The van der Waals surface area contributed by atoms with Crippen molar-refractivity contribution in [1.82, 2.24) is 4.90 Å². The summed E-state index contributed by atoms with van der Waals surface area (Å²) >= 11 is 3.00. The van der Waals surface area contributed by atoms with Gasteiger partial charge in [-0.15, -0.1) is 0 Å². The van der Waals surface area contributed by atoms with E-state index in [1.54, 1.807) is 19.1 Å². The minimum absolute atomic E-state index is 0.0384. The Bertz CT molecular complexity index is 604. The predicted molar refractivity (Wildman–Crippen MR) is 92.1 cm³/mol. The molecule has 1 fully saturated rings. The molecule has 1 aromatic rings. The zero-order chi connectivity index (χ0) is 17.9. The number of hydrogen-bond acceptors (Lipinski definition) is 6. The second-order valence-corrected chi connectivity index (χ2v) is 6.59. The maximum atomic E-state index is 13.9. The minimum atomic E-state index is -0.527. The number of anilines is 1. The van der Waals surface area contributed by atoms with Crippen molar-refractivity contribution in [3.8, 4) is 0 Å². The molecule has 9 heteroatoms. The lowest BCUT2D eigenvalue weighted by Gasteiger charge is -2.27. The maximum Gasteiger partial charge on any atom is 0.293 e. The Balaban J connectivity index is 2.27. The summed E-state index contributed by atoms with van der Waals surface area (Å²) in [4.78, 5) is 14.7. The average molecular weight is 406 g/mol. The van der Waals surface area contributed by atoms with Gasteiger partial charge in [-0.1, -0.05) is 0 Å². The van der Waals surface area contributed by atoms with Crippen LogP contribution in [0.15, 0.2) is 16.6 Å². The van der Waals surface area contributed by atoms with Crippen LogP contribution in [0.1, 0.15) is 0 Å². The quantitative estimate of drug-likeness (QED) is 0.511. The lowest BCUT2D eigenvalue weighted by molar-refractivity contribution is -0.384. The number of ether oxygens (including phenoxy) is 2. The lowest BCUT2D eigenvalue weighted by atomic mass is 10.2. The van der Waals surface area contributed by atoms with Gasteiger partial charge in [-0.2, -0.15) is 0 Å². The van der Waals surface area contributed by atoms with E-state index in [4.69, 9.17) is 9.47 Å². The van der Waals surface area contributed by atoms with E-state index in [9.17, 15) is 14.5 Å². The molecule has 0 aromatic heterocycles. The number of likely N-dealkylation sites (N-methyl/N-ethyl adjacent to an activating group) is 1. The Kier molecular flexibility index (Phi) is 6.50. The van der Waals surface area contributed by atoms with Crippen LogP contribution < -0.4 is 4.90 Å². The standard InChI is InChI=1S/C15H21BrFN3O4/c1-18(4-5-23-2)14-8-19(9-15(14)24-3)12-7-11(17)10(16)6-13(12)20(21)22/h6-7,14-15H,4-5,8-9H2,1-3H3/t14?,15-/m0/s1. The van der Waals surface area contributed by atoms with Gasteiger partial charge >= 0.3 is 0 Å². The summed E-state index contributed by atoms with van der Waals surface area (Å²) in [5, 5.41) is 11.3. The second-order valence-electron chi connectivity index (χ2n) is 5.73. The van der Waals surface area contributed by atoms with Gasteiger partial charge in [-0.3, -0.25) is 15.0 Å². The highest BCUT2D eigenvalue weighted by Gasteiger charge is 2.38. The molecule has 7 nitrogen and oxygen atoms in total. The van der Waals surface area contributed by atoms with Crippen LogP contribution in [-0.4, -0.2) is 69.5 Å². The molecule has 1 aliphatic rings. The predicted octanol–water partition coefficient (Wildman–Crippen LogP) is 2.28. The molecular weight excluding hydrogens is 385 g/mol. The van der Waals surface area contributed by atoms with Crippen molar-refractivity contribution in [2.24, 2.45) is 0 Å². The highest BCUT2D eigenvalue weighted by Crippen LogP contribution is 2.36. The van der Waals surface area contributed by atoms with E-state index < -0.39 is 10.7 Å². The molecule has 0 saturated carbocycles. The van der Waals surface area contributed by atoms with Gasteiger partial charge in [0.05, 0.1) is 28.1 Å². The fourth-order valence-corrected chi connectivity index (χ4v) is 3.27. The Hall–Kier alpha value is -1.29. The van der Waals surface area contributed by atoms with E-state index in [2.05, 4.69) is 20.8 Å². The molecule has 1 heterocycles. The van der Waals surface area contributed by atoms with Crippen molar-refractivity contribution in [3.05, 3.63) is 32.5 Å².